The highest BCUT2D eigenvalue weighted by Gasteiger charge is 2.36. The summed E-state index contributed by atoms with van der Waals surface area (Å²) in [4.78, 5) is 24.8. The minimum absolute atomic E-state index is 0.225. The fourth-order valence-electron chi connectivity index (χ4n) is 6.96. The van der Waals surface area contributed by atoms with Crippen LogP contribution >= 0.6 is 0 Å². The molecule has 0 aliphatic carbocycles. The van der Waals surface area contributed by atoms with Crippen molar-refractivity contribution in [1.82, 2.24) is 50.5 Å². The Labute approximate surface area is 339 Å². The second-order valence-corrected chi connectivity index (χ2v) is 14.1. The Hall–Kier alpha value is -7.02. The summed E-state index contributed by atoms with van der Waals surface area (Å²) < 4.78 is 41.9. The third kappa shape index (κ3) is 9.25. The maximum atomic E-state index is 15.5. The monoisotopic (exact) mass is 800 g/mol. The van der Waals surface area contributed by atoms with E-state index < -0.39 is 11.3 Å². The normalized spacial score (nSPS) is 15.8. The number of piperidine rings is 2. The maximum absolute atomic E-state index is 15.5. The summed E-state index contributed by atoms with van der Waals surface area (Å²) in [6, 6.07) is 14.5. The molecule has 8 rings (SSSR count). The van der Waals surface area contributed by atoms with Crippen LogP contribution in [0.4, 0.5) is 43.7 Å². The molecule has 0 saturated carbocycles. The van der Waals surface area contributed by atoms with Crippen molar-refractivity contribution in [3.63, 3.8) is 0 Å². The van der Waals surface area contributed by atoms with Gasteiger partial charge in [-0.1, -0.05) is 25.3 Å². The van der Waals surface area contributed by atoms with Crippen LogP contribution in [0.25, 0.3) is 32.2 Å². The van der Waals surface area contributed by atoms with Crippen LogP contribution in [0.2, 0.25) is 0 Å². The molecule has 302 valence electrons. The van der Waals surface area contributed by atoms with E-state index in [1.54, 1.807) is 32.4 Å². The Balaban J connectivity index is 0.000000179. The topological polar surface area (TPSA) is 175 Å². The zero-order valence-electron chi connectivity index (χ0n) is 32.7. The first-order chi connectivity index (χ1) is 28.6. The number of ether oxygens (including phenoxy) is 2. The maximum Gasteiger partial charge on any atom is 0.288 e. The smallest absolute Gasteiger partial charge is 0.288 e. The Morgan fingerprint density at radius 3 is 1.51 bits per heavy atom. The lowest BCUT2D eigenvalue weighted by Gasteiger charge is -2.35. The van der Waals surface area contributed by atoms with E-state index in [4.69, 9.17) is 22.6 Å². The van der Waals surface area contributed by atoms with Gasteiger partial charge >= 0.3 is 0 Å². The van der Waals surface area contributed by atoms with Gasteiger partial charge in [0, 0.05) is 36.3 Å². The molecule has 2 aromatic carbocycles. The van der Waals surface area contributed by atoms with E-state index in [2.05, 4.69) is 70.9 Å². The Morgan fingerprint density at radius 2 is 1.10 bits per heavy atom. The van der Waals surface area contributed by atoms with Gasteiger partial charge < -0.3 is 40.0 Å². The molecule has 6 aromatic rings. The minimum Gasteiger partial charge on any atom is -0.496 e. The van der Waals surface area contributed by atoms with Crippen molar-refractivity contribution in [3.05, 3.63) is 107 Å². The molecule has 0 bridgehead atoms. The van der Waals surface area contributed by atoms with Crippen LogP contribution in [-0.4, -0.2) is 92.7 Å². The zero-order chi connectivity index (χ0) is 41.4. The van der Waals surface area contributed by atoms with Gasteiger partial charge in [-0.15, -0.1) is 9.97 Å². The average Bonchev–Trinajstić information content (AvgIpc) is 3.95. The largest absolute Gasteiger partial charge is 0.496 e. The third-order valence-electron chi connectivity index (χ3n) is 10.4. The van der Waals surface area contributed by atoms with Crippen LogP contribution in [0.5, 0.6) is 11.5 Å². The number of benzene rings is 2. The molecule has 0 unspecified atom stereocenters. The van der Waals surface area contributed by atoms with Gasteiger partial charge in [0.1, 0.15) is 22.8 Å². The number of hydrogen-bond donors (Lipinski definition) is 5. The van der Waals surface area contributed by atoms with Crippen molar-refractivity contribution in [2.24, 2.45) is 0 Å². The number of H-pyrrole nitrogens is 2. The lowest BCUT2D eigenvalue weighted by molar-refractivity contribution is 0.0672. The van der Waals surface area contributed by atoms with Crippen LogP contribution in [0.3, 0.4) is 0 Å². The zero-order valence-corrected chi connectivity index (χ0v) is 32.7. The highest BCUT2D eigenvalue weighted by Crippen LogP contribution is 2.42. The summed E-state index contributed by atoms with van der Waals surface area (Å²) >= 11 is 0. The molecule has 2 aliphatic rings. The van der Waals surface area contributed by atoms with Gasteiger partial charge in [-0.3, -0.25) is 10.2 Å². The van der Waals surface area contributed by atoms with Crippen LogP contribution in [0.1, 0.15) is 36.8 Å². The van der Waals surface area contributed by atoms with Gasteiger partial charge in [-0.05, 0) is 81.2 Å². The minimum atomic E-state index is -1.34. The van der Waals surface area contributed by atoms with E-state index in [1.165, 1.54) is 24.8 Å². The number of anilines is 4. The first-order valence-electron chi connectivity index (χ1n) is 18.8. The highest BCUT2D eigenvalue weighted by atomic mass is 19.1. The molecule has 0 spiro atoms. The molecule has 5 N–H and O–H groups in total. The van der Waals surface area contributed by atoms with E-state index in [-0.39, 0.29) is 11.6 Å². The number of aromatic amines is 2. The average molecular weight is 801 g/mol. The van der Waals surface area contributed by atoms with Crippen molar-refractivity contribution >= 4 is 34.9 Å². The predicted molar refractivity (Wildman–Crippen MR) is 219 cm³/mol. The van der Waals surface area contributed by atoms with E-state index in [0.29, 0.717) is 84.7 Å². The van der Waals surface area contributed by atoms with Gasteiger partial charge in [0.15, 0.2) is 35.7 Å². The lowest BCUT2D eigenvalue weighted by Crippen LogP contribution is -2.38. The van der Waals surface area contributed by atoms with Gasteiger partial charge in [0.2, 0.25) is 0 Å². The quantitative estimate of drug-likeness (QED) is 0.0853. The molecule has 18 heteroatoms. The fraction of sp³-hybridized carbons (Fsp3) is 0.317. The first-order valence-corrected chi connectivity index (χ1v) is 18.8. The summed E-state index contributed by atoms with van der Waals surface area (Å²) in [5.41, 5.74) is 1.61. The number of rotatable bonds is 10. The highest BCUT2D eigenvalue weighted by molar-refractivity contribution is 5.72. The number of likely N-dealkylation sites (tertiary alicyclic amines) is 1. The second-order valence-electron chi connectivity index (χ2n) is 14.1. The van der Waals surface area contributed by atoms with Crippen molar-refractivity contribution in [2.45, 2.75) is 37.0 Å². The van der Waals surface area contributed by atoms with Gasteiger partial charge in [-0.25, -0.2) is 18.7 Å². The van der Waals surface area contributed by atoms with E-state index in [1.807, 2.05) is 37.4 Å². The Bertz CT molecular complexity index is 2440. The number of methoxy groups -OCH3 is 2. The number of nitrogens with one attached hydrogen (secondary N) is 5. The van der Waals surface area contributed by atoms with Crippen molar-refractivity contribution < 1.29 is 18.3 Å². The molecule has 4 aromatic heterocycles. The molecular formula is C41H42F2N14O2. The van der Waals surface area contributed by atoms with Crippen LogP contribution in [0.15, 0.2) is 73.3 Å². The molecule has 2 saturated heterocycles. The number of hydrogen-bond acceptors (Lipinski definition) is 12. The van der Waals surface area contributed by atoms with Gasteiger partial charge in [0.05, 0.1) is 38.0 Å². The summed E-state index contributed by atoms with van der Waals surface area (Å²) in [7, 11) is 5.16. The molecule has 6 heterocycles. The van der Waals surface area contributed by atoms with Crippen LogP contribution in [0, 0.1) is 13.1 Å². The Morgan fingerprint density at radius 1 is 0.644 bits per heavy atom. The number of alkyl halides is 2. The van der Waals surface area contributed by atoms with Crippen LogP contribution < -0.4 is 25.4 Å². The lowest BCUT2D eigenvalue weighted by atomic mass is 9.85. The van der Waals surface area contributed by atoms with Gasteiger partial charge in [-0.2, -0.15) is 10.2 Å². The van der Waals surface area contributed by atoms with E-state index in [0.717, 1.165) is 35.6 Å². The number of aromatic nitrogens is 8. The molecule has 16 nitrogen and oxygen atoms in total. The van der Waals surface area contributed by atoms with Crippen molar-refractivity contribution in [1.29, 1.82) is 0 Å². The van der Waals surface area contributed by atoms with E-state index >= 15 is 8.78 Å². The fourth-order valence-corrected chi connectivity index (χ4v) is 6.96. The molecular weight excluding hydrogens is 759 g/mol. The van der Waals surface area contributed by atoms with Gasteiger partial charge in [0.25, 0.3) is 11.6 Å². The number of halogens is 2. The molecule has 59 heavy (non-hydrogen) atoms. The van der Waals surface area contributed by atoms with Crippen molar-refractivity contribution in [3.8, 4) is 34.0 Å². The van der Waals surface area contributed by atoms with E-state index in [9.17, 15) is 0 Å². The third-order valence-corrected chi connectivity index (χ3v) is 10.4. The second kappa shape index (κ2) is 17.6. The predicted octanol–water partition coefficient (Wildman–Crippen LogP) is 7.78. The van der Waals surface area contributed by atoms with Crippen LogP contribution in [-0.2, 0) is 11.3 Å². The first kappa shape index (κ1) is 40.2. The Kier molecular flexibility index (Phi) is 12.0. The summed E-state index contributed by atoms with van der Waals surface area (Å²) in [6.45, 7) is 16.6. The molecule has 0 atom stereocenters. The molecule has 2 aliphatic heterocycles. The molecule has 0 radical (unpaired) electrons. The molecule has 0 amide bonds. The van der Waals surface area contributed by atoms with Crippen molar-refractivity contribution in [2.75, 3.05) is 58.1 Å². The number of nitrogens with zero attached hydrogens (tertiary/aromatic N) is 9. The summed E-state index contributed by atoms with van der Waals surface area (Å²) in [6.07, 6.45) is 7.55. The summed E-state index contributed by atoms with van der Waals surface area (Å²) in [5, 5.41) is 23.6. The molecule has 2 fully saturated rings. The SMILES string of the molecule is [C-]#[N+]c1cnc(Nc2cc(-c3ccc(C4(F)CCN(C)CC4)cc3OC)[nH]n2)cn1.[C-]#[N+]c1cnc(Nc2cc(-c3ccc(C4(F)CCNCC4)cc3OC)[nH]n2)cn1. The standard InChI is InChI=1S/C21H22FN7O.C20H20FN7O/c1-23-19-12-25-20(13-24-19)26-18-11-16(27-28-18)15-5-4-14(10-17(15)30-3)21(22)6-8-29(2)9-7-21;1-22-18-11-25-19(12-24-18)26-17-10-15(27-28-17)14-4-3-13(9-16(14)29-2)20(21)5-7-23-8-6-20/h4-5,10-13H,6-9H2,2-3H3,(H2,25,26,27,28);3-4,9-12,23H,5-8H2,2H3,(H2,25,26,27,28). The summed E-state index contributed by atoms with van der Waals surface area (Å²) in [5.74, 6) is 3.64.